The Morgan fingerprint density at radius 1 is 0.882 bits per heavy atom. The van der Waals surface area contributed by atoms with Gasteiger partial charge in [0, 0.05) is 24.6 Å². The highest BCUT2D eigenvalue weighted by Gasteiger charge is 2.31. The highest BCUT2D eigenvalue weighted by Crippen LogP contribution is 2.19. The van der Waals surface area contributed by atoms with Gasteiger partial charge in [0.15, 0.2) is 0 Å². The standard InChI is InChI=1S/C29H33FN2O2/c1-20(2)31-29(34)27(17-23-10-6-5-7-11-23)32(19-25-12-8-9-13-26(25)30)28(33)18-24-15-14-21(3)22(4)16-24/h5-16,20,27H,17-19H2,1-4H3,(H,31,34)/t27-/m0/s1. The molecule has 3 aromatic rings. The molecule has 0 aromatic heterocycles. The first-order chi connectivity index (χ1) is 16.2. The Balaban J connectivity index is 1.99. The number of carbonyl (C=O) groups is 2. The third-order valence-electron chi connectivity index (χ3n) is 5.93. The lowest BCUT2D eigenvalue weighted by atomic mass is 10.00. The van der Waals surface area contributed by atoms with Gasteiger partial charge in [-0.15, -0.1) is 0 Å². The molecule has 0 saturated heterocycles. The van der Waals surface area contributed by atoms with Crippen LogP contribution in [0.3, 0.4) is 0 Å². The second-order valence-corrected chi connectivity index (χ2v) is 9.08. The van der Waals surface area contributed by atoms with Crippen LogP contribution in [0.2, 0.25) is 0 Å². The van der Waals surface area contributed by atoms with Gasteiger partial charge in [0.05, 0.1) is 6.42 Å². The third-order valence-corrected chi connectivity index (χ3v) is 5.93. The van der Waals surface area contributed by atoms with E-state index in [0.717, 1.165) is 22.3 Å². The van der Waals surface area contributed by atoms with Crippen LogP contribution in [-0.4, -0.2) is 28.8 Å². The van der Waals surface area contributed by atoms with Gasteiger partial charge in [0.1, 0.15) is 11.9 Å². The maximum atomic E-state index is 14.6. The number of hydrogen-bond acceptors (Lipinski definition) is 2. The summed E-state index contributed by atoms with van der Waals surface area (Å²) in [6, 6.07) is 21.0. The molecule has 178 valence electrons. The average Bonchev–Trinajstić information content (AvgIpc) is 2.80. The van der Waals surface area contributed by atoms with Crippen molar-refractivity contribution in [2.45, 2.75) is 59.2 Å². The van der Waals surface area contributed by atoms with Crippen molar-refractivity contribution >= 4 is 11.8 Å². The average molecular weight is 461 g/mol. The van der Waals surface area contributed by atoms with Gasteiger partial charge in [-0.25, -0.2) is 4.39 Å². The number of nitrogens with one attached hydrogen (secondary N) is 1. The molecular formula is C29H33FN2O2. The Morgan fingerprint density at radius 2 is 1.56 bits per heavy atom. The second kappa shape index (κ2) is 11.6. The number of carbonyl (C=O) groups excluding carboxylic acids is 2. The minimum absolute atomic E-state index is 0.0133. The number of rotatable bonds is 9. The van der Waals surface area contributed by atoms with Crippen molar-refractivity contribution < 1.29 is 14.0 Å². The number of aryl methyl sites for hydroxylation is 2. The van der Waals surface area contributed by atoms with E-state index in [1.165, 1.54) is 11.0 Å². The van der Waals surface area contributed by atoms with E-state index in [4.69, 9.17) is 0 Å². The molecule has 5 heteroatoms. The van der Waals surface area contributed by atoms with Gasteiger partial charge in [0.25, 0.3) is 0 Å². The Bertz CT molecular complexity index is 1130. The quantitative estimate of drug-likeness (QED) is 0.480. The van der Waals surface area contributed by atoms with Gasteiger partial charge < -0.3 is 10.2 Å². The molecule has 0 saturated carbocycles. The molecule has 1 atom stereocenters. The molecule has 0 spiro atoms. The fourth-order valence-corrected chi connectivity index (χ4v) is 3.93. The summed E-state index contributed by atoms with van der Waals surface area (Å²) in [5, 5.41) is 2.95. The van der Waals surface area contributed by atoms with Crippen molar-refractivity contribution in [1.82, 2.24) is 10.2 Å². The molecule has 34 heavy (non-hydrogen) atoms. The van der Waals surface area contributed by atoms with Crippen LogP contribution >= 0.6 is 0 Å². The maximum absolute atomic E-state index is 14.6. The topological polar surface area (TPSA) is 49.4 Å². The number of amides is 2. The van der Waals surface area contributed by atoms with Gasteiger partial charge >= 0.3 is 0 Å². The van der Waals surface area contributed by atoms with Gasteiger partial charge in [-0.3, -0.25) is 9.59 Å². The summed E-state index contributed by atoms with van der Waals surface area (Å²) in [7, 11) is 0. The summed E-state index contributed by atoms with van der Waals surface area (Å²) in [4.78, 5) is 28.5. The molecule has 0 aliphatic rings. The highest BCUT2D eigenvalue weighted by atomic mass is 19.1. The molecule has 0 aliphatic carbocycles. The summed E-state index contributed by atoms with van der Waals surface area (Å²) in [5.41, 5.74) is 4.44. The van der Waals surface area contributed by atoms with E-state index in [1.807, 2.05) is 76.2 Å². The molecule has 3 aromatic carbocycles. The van der Waals surface area contributed by atoms with E-state index in [-0.39, 0.29) is 30.8 Å². The van der Waals surface area contributed by atoms with E-state index >= 15 is 0 Å². The molecular weight excluding hydrogens is 427 g/mol. The fraction of sp³-hybridized carbons (Fsp3) is 0.310. The van der Waals surface area contributed by atoms with Gasteiger partial charge in [-0.2, -0.15) is 0 Å². The monoisotopic (exact) mass is 460 g/mol. The summed E-state index contributed by atoms with van der Waals surface area (Å²) in [6.45, 7) is 7.82. The minimum Gasteiger partial charge on any atom is -0.352 e. The molecule has 2 amide bonds. The van der Waals surface area contributed by atoms with Crippen molar-refractivity contribution in [1.29, 1.82) is 0 Å². The van der Waals surface area contributed by atoms with Crippen molar-refractivity contribution in [2.75, 3.05) is 0 Å². The number of benzene rings is 3. The normalized spacial score (nSPS) is 11.8. The van der Waals surface area contributed by atoms with Crippen LogP contribution in [0.5, 0.6) is 0 Å². The van der Waals surface area contributed by atoms with Crippen molar-refractivity contribution in [3.05, 3.63) is 106 Å². The number of halogens is 1. The molecule has 1 N–H and O–H groups in total. The smallest absolute Gasteiger partial charge is 0.243 e. The summed E-state index contributed by atoms with van der Waals surface area (Å²) in [5.74, 6) is -0.857. The first-order valence-electron chi connectivity index (χ1n) is 11.7. The van der Waals surface area contributed by atoms with E-state index in [0.29, 0.717) is 12.0 Å². The molecule has 3 rings (SSSR count). The summed E-state index contributed by atoms with van der Waals surface area (Å²) < 4.78 is 14.6. The molecule has 4 nitrogen and oxygen atoms in total. The molecule has 0 bridgehead atoms. The number of hydrogen-bond donors (Lipinski definition) is 1. The second-order valence-electron chi connectivity index (χ2n) is 9.08. The lowest BCUT2D eigenvalue weighted by Gasteiger charge is -2.32. The first-order valence-corrected chi connectivity index (χ1v) is 11.7. The van der Waals surface area contributed by atoms with Crippen LogP contribution in [-0.2, 0) is 29.0 Å². The van der Waals surface area contributed by atoms with Gasteiger partial charge in [0.2, 0.25) is 11.8 Å². The van der Waals surface area contributed by atoms with Crippen LogP contribution in [0.25, 0.3) is 0 Å². The van der Waals surface area contributed by atoms with Crippen molar-refractivity contribution in [3.8, 4) is 0 Å². The molecule has 0 unspecified atom stereocenters. The molecule has 0 radical (unpaired) electrons. The minimum atomic E-state index is -0.775. The predicted molar refractivity (Wildman–Crippen MR) is 134 cm³/mol. The maximum Gasteiger partial charge on any atom is 0.243 e. The first kappa shape index (κ1) is 25.2. The Kier molecular flexibility index (Phi) is 8.58. The molecule has 0 fully saturated rings. The Morgan fingerprint density at radius 3 is 2.21 bits per heavy atom. The van der Waals surface area contributed by atoms with E-state index < -0.39 is 11.9 Å². The molecule has 0 heterocycles. The van der Waals surface area contributed by atoms with Crippen LogP contribution < -0.4 is 5.32 Å². The van der Waals surface area contributed by atoms with Crippen LogP contribution in [0.15, 0.2) is 72.8 Å². The zero-order valence-corrected chi connectivity index (χ0v) is 20.3. The van der Waals surface area contributed by atoms with Crippen molar-refractivity contribution in [2.24, 2.45) is 0 Å². The van der Waals surface area contributed by atoms with E-state index in [9.17, 15) is 14.0 Å². The van der Waals surface area contributed by atoms with E-state index in [2.05, 4.69) is 5.32 Å². The van der Waals surface area contributed by atoms with Crippen LogP contribution in [0, 0.1) is 19.7 Å². The predicted octanol–water partition coefficient (Wildman–Crippen LogP) is 5.15. The zero-order valence-electron chi connectivity index (χ0n) is 20.3. The van der Waals surface area contributed by atoms with Crippen LogP contribution in [0.4, 0.5) is 4.39 Å². The highest BCUT2D eigenvalue weighted by molar-refractivity contribution is 5.89. The molecule has 0 aliphatic heterocycles. The van der Waals surface area contributed by atoms with E-state index in [1.54, 1.807) is 18.2 Å². The number of nitrogens with zero attached hydrogens (tertiary/aromatic N) is 1. The Hall–Kier alpha value is -3.47. The van der Waals surface area contributed by atoms with Gasteiger partial charge in [-0.1, -0.05) is 66.7 Å². The van der Waals surface area contributed by atoms with Crippen LogP contribution in [0.1, 0.15) is 41.7 Å². The SMILES string of the molecule is Cc1ccc(CC(=O)N(Cc2ccccc2F)[C@@H](Cc2ccccc2)C(=O)NC(C)C)cc1C. The Labute approximate surface area is 201 Å². The third kappa shape index (κ3) is 6.77. The zero-order chi connectivity index (χ0) is 24.7. The van der Waals surface area contributed by atoms with Crippen molar-refractivity contribution in [3.63, 3.8) is 0 Å². The lowest BCUT2D eigenvalue weighted by Crippen LogP contribution is -2.52. The summed E-state index contributed by atoms with van der Waals surface area (Å²) in [6.07, 6.45) is 0.475. The van der Waals surface area contributed by atoms with Gasteiger partial charge in [-0.05, 0) is 56.0 Å². The summed E-state index contributed by atoms with van der Waals surface area (Å²) >= 11 is 0. The fourth-order valence-electron chi connectivity index (χ4n) is 3.93. The lowest BCUT2D eigenvalue weighted by molar-refractivity contribution is -0.141. The largest absolute Gasteiger partial charge is 0.352 e.